The number of imidazole rings is 1. The van der Waals surface area contributed by atoms with Crippen molar-refractivity contribution in [2.45, 2.75) is 76.7 Å². The Hall–Kier alpha value is -4.52. The highest BCUT2D eigenvalue weighted by molar-refractivity contribution is 9.10. The van der Waals surface area contributed by atoms with Crippen LogP contribution in [0.2, 0.25) is 0 Å². The van der Waals surface area contributed by atoms with Gasteiger partial charge in [0.05, 0.1) is 52.4 Å². The van der Waals surface area contributed by atoms with Crippen molar-refractivity contribution in [2.24, 2.45) is 4.99 Å². The van der Waals surface area contributed by atoms with Crippen molar-refractivity contribution < 1.29 is 28.0 Å². The second-order valence-corrected chi connectivity index (χ2v) is 16.8. The van der Waals surface area contributed by atoms with Crippen LogP contribution in [0.5, 0.6) is 11.5 Å². The zero-order valence-electron chi connectivity index (χ0n) is 34.7. The molecule has 3 aromatic carbocycles. The minimum absolute atomic E-state index is 0.0940. The van der Waals surface area contributed by atoms with E-state index in [0.29, 0.717) is 28.1 Å². The third-order valence-corrected chi connectivity index (χ3v) is 12.5. The van der Waals surface area contributed by atoms with Crippen LogP contribution in [0.25, 0.3) is 11.2 Å². The largest absolute Gasteiger partial charge is 0.497 e. The fraction of sp³-hybridized carbons (Fsp3) is 0.419. The number of nitriles is 1. The number of hydrogen-bond acceptors (Lipinski definition) is 12. The first-order valence-electron chi connectivity index (χ1n) is 19.5. The molecule has 6 rings (SSSR count). The number of halogens is 1. The molecule has 0 aliphatic carbocycles. The number of aliphatic imine (C=N–C) groups is 1. The van der Waals surface area contributed by atoms with Crippen LogP contribution in [0.3, 0.4) is 0 Å². The van der Waals surface area contributed by atoms with E-state index < -0.39 is 32.6 Å². The molecule has 1 saturated heterocycles. The van der Waals surface area contributed by atoms with Crippen LogP contribution in [0.1, 0.15) is 63.5 Å². The van der Waals surface area contributed by atoms with Crippen LogP contribution in [-0.2, 0) is 24.1 Å². The molecule has 1 aliphatic heterocycles. The van der Waals surface area contributed by atoms with Crippen LogP contribution in [0.4, 0.5) is 5.82 Å². The predicted octanol–water partition coefficient (Wildman–Crippen LogP) is 8.78. The normalized spacial score (nSPS) is 17.6. The Morgan fingerprint density at radius 2 is 1.56 bits per heavy atom. The lowest BCUT2D eigenvalue weighted by molar-refractivity contribution is -0.0915. The standard InChI is InChI=1S/C43H52BrN8O6P/c1-29(2)52(30(3)4)59(56-24-12-23-45)58-36-25-38(51-41-39(49-42(51)44)40(46-27-47-41)48-28-50(5)6)57-37(36)26-55-43(31-13-10-9-11-14-31,32-15-19-34(53-7)20-16-32)33-17-21-35(54-8)22-18-33/h9-11,13-22,27-30,36-38H,12,24-26H2,1-8H3/b48-28-. The van der Waals surface area contributed by atoms with E-state index in [2.05, 4.69) is 81.5 Å². The number of methoxy groups -OCH3 is 2. The Kier molecular flexibility index (Phi) is 15.0. The van der Waals surface area contributed by atoms with Crippen LogP contribution >= 0.6 is 24.5 Å². The van der Waals surface area contributed by atoms with Gasteiger partial charge in [0.25, 0.3) is 8.53 Å². The summed E-state index contributed by atoms with van der Waals surface area (Å²) in [6, 6.07) is 28.4. The lowest BCUT2D eigenvalue weighted by Gasteiger charge is -2.39. The van der Waals surface area contributed by atoms with Gasteiger partial charge in [0.15, 0.2) is 21.7 Å². The van der Waals surface area contributed by atoms with E-state index in [9.17, 15) is 5.26 Å². The Morgan fingerprint density at radius 3 is 2.12 bits per heavy atom. The summed E-state index contributed by atoms with van der Waals surface area (Å²) in [5.74, 6) is 1.88. The third-order valence-electron chi connectivity index (χ3n) is 9.82. The van der Waals surface area contributed by atoms with Crippen LogP contribution < -0.4 is 9.47 Å². The van der Waals surface area contributed by atoms with Gasteiger partial charge < -0.3 is 32.9 Å². The van der Waals surface area contributed by atoms with Crippen molar-refractivity contribution in [3.8, 4) is 17.6 Å². The SMILES string of the molecule is COc1ccc(C(OCC2OC(n3c(Br)nc4c(/N=C\N(C)C)ncnc43)CC2OP(OCCC#N)N(C(C)C)C(C)C)(c2ccccc2)c2ccc(OC)cc2)cc1. The number of fused-ring (bicyclic) bond motifs is 1. The summed E-state index contributed by atoms with van der Waals surface area (Å²) >= 11 is 3.70. The lowest BCUT2D eigenvalue weighted by atomic mass is 9.80. The Balaban J connectivity index is 1.46. The van der Waals surface area contributed by atoms with Gasteiger partial charge >= 0.3 is 0 Å². The zero-order valence-corrected chi connectivity index (χ0v) is 37.2. The minimum Gasteiger partial charge on any atom is -0.497 e. The van der Waals surface area contributed by atoms with Crippen molar-refractivity contribution in [3.63, 3.8) is 0 Å². The van der Waals surface area contributed by atoms with Crippen LogP contribution in [0.15, 0.2) is 94.9 Å². The Labute approximate surface area is 356 Å². The fourth-order valence-electron chi connectivity index (χ4n) is 7.20. The summed E-state index contributed by atoms with van der Waals surface area (Å²) in [6.45, 7) is 8.80. The van der Waals surface area contributed by atoms with E-state index in [1.165, 1.54) is 6.33 Å². The second-order valence-electron chi connectivity index (χ2n) is 14.7. The molecule has 16 heteroatoms. The molecule has 0 spiro atoms. The van der Waals surface area contributed by atoms with Gasteiger partial charge in [-0.15, -0.1) is 0 Å². The minimum atomic E-state index is -1.64. The second kappa shape index (κ2) is 20.2. The summed E-state index contributed by atoms with van der Waals surface area (Å²) < 4.78 is 43.7. The molecular weight excluding hydrogens is 835 g/mol. The van der Waals surface area contributed by atoms with Gasteiger partial charge in [-0.1, -0.05) is 54.6 Å². The summed E-state index contributed by atoms with van der Waals surface area (Å²) in [5.41, 5.74) is 2.67. The number of nitrogens with zero attached hydrogens (tertiary/aromatic N) is 8. The van der Waals surface area contributed by atoms with Gasteiger partial charge in [0, 0.05) is 32.6 Å². The molecule has 0 bridgehead atoms. The summed E-state index contributed by atoms with van der Waals surface area (Å²) in [7, 11) is 5.44. The molecule has 0 N–H and O–H groups in total. The van der Waals surface area contributed by atoms with Crippen molar-refractivity contribution >= 4 is 47.8 Å². The fourth-order valence-corrected chi connectivity index (χ4v) is 9.53. The molecule has 1 aliphatic rings. The molecule has 5 aromatic rings. The van der Waals surface area contributed by atoms with E-state index in [1.54, 1.807) is 20.6 Å². The maximum absolute atomic E-state index is 9.42. The molecule has 0 saturated carbocycles. The third kappa shape index (κ3) is 9.93. The molecule has 4 unspecified atom stereocenters. The maximum Gasteiger partial charge on any atom is 0.259 e. The van der Waals surface area contributed by atoms with Gasteiger partial charge in [0.2, 0.25) is 0 Å². The number of rotatable bonds is 19. The summed E-state index contributed by atoms with van der Waals surface area (Å²) in [4.78, 5) is 20.2. The molecule has 59 heavy (non-hydrogen) atoms. The first-order chi connectivity index (χ1) is 28.5. The molecule has 1 fully saturated rings. The van der Waals surface area contributed by atoms with Crippen LogP contribution in [0, 0.1) is 11.3 Å². The highest BCUT2D eigenvalue weighted by Crippen LogP contribution is 2.51. The summed E-state index contributed by atoms with van der Waals surface area (Å²) in [5, 5.41) is 9.42. The van der Waals surface area contributed by atoms with E-state index >= 15 is 0 Å². The molecule has 3 heterocycles. The topological polar surface area (TPSA) is 142 Å². The van der Waals surface area contributed by atoms with E-state index in [1.807, 2.05) is 90.3 Å². The van der Waals surface area contributed by atoms with Gasteiger partial charge in [0.1, 0.15) is 35.8 Å². The Bertz CT molecular complexity index is 2130. The number of hydrogen-bond donors (Lipinski definition) is 0. The van der Waals surface area contributed by atoms with Crippen molar-refractivity contribution in [2.75, 3.05) is 41.5 Å². The van der Waals surface area contributed by atoms with Crippen LogP contribution in [-0.4, -0.2) is 101 Å². The molecule has 312 valence electrons. The first-order valence-corrected chi connectivity index (χ1v) is 21.4. The average molecular weight is 888 g/mol. The van der Waals surface area contributed by atoms with E-state index in [4.69, 9.17) is 33.0 Å². The molecule has 14 nitrogen and oxygen atoms in total. The van der Waals surface area contributed by atoms with E-state index in [-0.39, 0.29) is 31.7 Å². The molecule has 0 amide bonds. The molecule has 4 atom stereocenters. The van der Waals surface area contributed by atoms with E-state index in [0.717, 1.165) is 28.2 Å². The number of ether oxygens (including phenoxy) is 4. The van der Waals surface area contributed by atoms with Gasteiger partial charge in [-0.3, -0.25) is 4.57 Å². The number of benzene rings is 3. The molecule has 2 aromatic heterocycles. The highest BCUT2D eigenvalue weighted by atomic mass is 79.9. The molecular formula is C43H52BrN8O6P. The predicted molar refractivity (Wildman–Crippen MR) is 232 cm³/mol. The smallest absolute Gasteiger partial charge is 0.259 e. The zero-order chi connectivity index (χ0) is 42.1. The summed E-state index contributed by atoms with van der Waals surface area (Å²) in [6.07, 6.45) is 2.08. The molecule has 0 radical (unpaired) electrons. The quantitative estimate of drug-likeness (QED) is 0.0195. The monoisotopic (exact) mass is 886 g/mol. The van der Waals surface area contributed by atoms with Gasteiger partial charge in [-0.25, -0.2) is 24.6 Å². The van der Waals surface area contributed by atoms with Crippen molar-refractivity contribution in [3.05, 3.63) is 107 Å². The lowest BCUT2D eigenvalue weighted by Crippen LogP contribution is -2.39. The van der Waals surface area contributed by atoms with Gasteiger partial charge in [-0.05, 0) is 84.6 Å². The van der Waals surface area contributed by atoms with Gasteiger partial charge in [-0.2, -0.15) is 5.26 Å². The van der Waals surface area contributed by atoms with Crippen molar-refractivity contribution in [1.29, 1.82) is 5.26 Å². The number of aromatic nitrogens is 4. The maximum atomic E-state index is 9.42. The highest BCUT2D eigenvalue weighted by Gasteiger charge is 2.45. The van der Waals surface area contributed by atoms with Crippen molar-refractivity contribution in [1.82, 2.24) is 29.1 Å². The first kappa shape index (κ1) is 44.0. The Morgan fingerprint density at radius 1 is 0.949 bits per heavy atom. The average Bonchev–Trinajstić information content (AvgIpc) is 3.79.